The van der Waals surface area contributed by atoms with Gasteiger partial charge in [-0.3, -0.25) is 14.9 Å². The lowest BCUT2D eigenvalue weighted by atomic mass is 10.3. The third kappa shape index (κ3) is 2.88. The molecule has 0 N–H and O–H groups in total. The second-order valence-corrected chi connectivity index (χ2v) is 4.72. The Labute approximate surface area is 117 Å². The van der Waals surface area contributed by atoms with Gasteiger partial charge in [0.05, 0.1) is 15.4 Å². The van der Waals surface area contributed by atoms with Gasteiger partial charge in [0.15, 0.2) is 6.29 Å². The van der Waals surface area contributed by atoms with Crippen molar-refractivity contribution in [2.45, 2.75) is 9.92 Å². The molecule has 6 nitrogen and oxygen atoms in total. The predicted molar refractivity (Wildman–Crippen MR) is 69.6 cm³/mol. The van der Waals surface area contributed by atoms with Gasteiger partial charge in [0, 0.05) is 6.07 Å². The van der Waals surface area contributed by atoms with Gasteiger partial charge in [0.1, 0.15) is 16.5 Å². The summed E-state index contributed by atoms with van der Waals surface area (Å²) in [6, 6.07) is 6.19. The number of hydrogen-bond donors (Lipinski definition) is 0. The van der Waals surface area contributed by atoms with Gasteiger partial charge >= 0.3 is 0 Å². The van der Waals surface area contributed by atoms with E-state index in [1.807, 2.05) is 0 Å². The number of aromatic nitrogens is 2. The first kappa shape index (κ1) is 13.4. The molecule has 1 heterocycles. The van der Waals surface area contributed by atoms with Crippen molar-refractivity contribution in [3.8, 4) is 0 Å². The van der Waals surface area contributed by atoms with Crippen molar-refractivity contribution in [3.63, 3.8) is 0 Å². The summed E-state index contributed by atoms with van der Waals surface area (Å²) in [4.78, 5) is 29.3. The Morgan fingerprint density at radius 2 is 2.05 bits per heavy atom. The monoisotopic (exact) mass is 295 g/mol. The van der Waals surface area contributed by atoms with E-state index in [0.717, 1.165) is 11.8 Å². The Hall–Kier alpha value is -1.99. The predicted octanol–water partition coefficient (Wildman–Crippen LogP) is 3.00. The lowest BCUT2D eigenvalue weighted by Crippen LogP contribution is -1.95. The first-order valence-electron chi connectivity index (χ1n) is 5.00. The fourth-order valence-corrected chi connectivity index (χ4v) is 2.53. The lowest BCUT2D eigenvalue weighted by molar-refractivity contribution is -0.387. The number of nitrogens with zero attached hydrogens (tertiary/aromatic N) is 3. The molecule has 0 atom stereocenters. The van der Waals surface area contributed by atoms with Gasteiger partial charge in [-0.25, -0.2) is 9.97 Å². The lowest BCUT2D eigenvalue weighted by Gasteiger charge is -2.04. The molecule has 0 aliphatic carbocycles. The Bertz CT molecular complexity index is 651. The van der Waals surface area contributed by atoms with Gasteiger partial charge < -0.3 is 0 Å². The minimum absolute atomic E-state index is 0.0195. The molecule has 0 spiro atoms. The molecule has 0 aliphatic rings. The topological polar surface area (TPSA) is 86.0 Å². The highest BCUT2D eigenvalue weighted by atomic mass is 35.5. The van der Waals surface area contributed by atoms with E-state index in [4.69, 9.17) is 11.6 Å². The number of hydrogen-bond acceptors (Lipinski definition) is 6. The number of halogens is 1. The largest absolute Gasteiger partial charge is 0.298 e. The average Bonchev–Trinajstić information content (AvgIpc) is 2.39. The van der Waals surface area contributed by atoms with Crippen LogP contribution in [-0.4, -0.2) is 21.2 Å². The summed E-state index contributed by atoms with van der Waals surface area (Å²) in [5, 5.41) is 11.2. The van der Waals surface area contributed by atoms with Crippen LogP contribution in [-0.2, 0) is 0 Å². The first-order valence-corrected chi connectivity index (χ1v) is 6.20. The van der Waals surface area contributed by atoms with E-state index in [0.29, 0.717) is 11.2 Å². The van der Waals surface area contributed by atoms with E-state index in [1.54, 1.807) is 18.2 Å². The van der Waals surface area contributed by atoms with Crippen LogP contribution >= 0.6 is 23.4 Å². The second-order valence-electron chi connectivity index (χ2n) is 3.33. The molecule has 0 saturated carbocycles. The molecule has 2 aromatic rings. The SMILES string of the molecule is O=Cc1c(Cl)ncnc1Sc1ccccc1[N+](=O)[O-]. The zero-order valence-electron chi connectivity index (χ0n) is 9.32. The Morgan fingerprint density at radius 3 is 2.74 bits per heavy atom. The molecule has 0 bridgehead atoms. The standard InChI is InChI=1S/C11H6ClN3O3S/c12-10-7(5-16)11(14-6-13-10)19-9-4-2-1-3-8(9)15(17)18/h1-6H. The number of carbonyl (C=O) groups excluding carboxylic acids is 1. The van der Waals surface area contributed by atoms with Crippen molar-refractivity contribution in [1.29, 1.82) is 0 Å². The van der Waals surface area contributed by atoms with Gasteiger partial charge in [0.25, 0.3) is 5.69 Å². The zero-order valence-corrected chi connectivity index (χ0v) is 10.9. The molecule has 0 unspecified atom stereocenters. The molecule has 0 saturated heterocycles. The quantitative estimate of drug-likeness (QED) is 0.373. The van der Waals surface area contributed by atoms with Gasteiger partial charge in [-0.05, 0) is 6.07 Å². The summed E-state index contributed by atoms with van der Waals surface area (Å²) in [6.45, 7) is 0. The second kappa shape index (κ2) is 5.77. The van der Waals surface area contributed by atoms with Crippen molar-refractivity contribution in [1.82, 2.24) is 9.97 Å². The molecule has 0 aliphatic heterocycles. The molecule has 0 amide bonds. The summed E-state index contributed by atoms with van der Waals surface area (Å²) >= 11 is 6.77. The summed E-state index contributed by atoms with van der Waals surface area (Å²) < 4.78 is 0. The minimum atomic E-state index is -0.494. The van der Waals surface area contributed by atoms with Gasteiger partial charge in [-0.15, -0.1) is 0 Å². The van der Waals surface area contributed by atoms with E-state index < -0.39 is 4.92 Å². The molecule has 0 fully saturated rings. The van der Waals surface area contributed by atoms with Gasteiger partial charge in [0.2, 0.25) is 0 Å². The fraction of sp³-hybridized carbons (Fsp3) is 0. The van der Waals surface area contributed by atoms with E-state index in [9.17, 15) is 14.9 Å². The van der Waals surface area contributed by atoms with Crippen molar-refractivity contribution < 1.29 is 9.72 Å². The van der Waals surface area contributed by atoms with Crippen molar-refractivity contribution in [2.75, 3.05) is 0 Å². The average molecular weight is 296 g/mol. The highest BCUT2D eigenvalue weighted by Crippen LogP contribution is 2.35. The maximum Gasteiger partial charge on any atom is 0.283 e. The molecule has 0 radical (unpaired) electrons. The number of rotatable bonds is 4. The van der Waals surface area contributed by atoms with Crippen LogP contribution in [0.1, 0.15) is 10.4 Å². The normalized spacial score (nSPS) is 10.2. The van der Waals surface area contributed by atoms with Crippen LogP contribution in [0.15, 0.2) is 40.5 Å². The number of aldehydes is 1. The van der Waals surface area contributed by atoms with Crippen LogP contribution in [0.2, 0.25) is 5.15 Å². The molecule has 19 heavy (non-hydrogen) atoms. The minimum Gasteiger partial charge on any atom is -0.298 e. The maximum absolute atomic E-state index is 10.9. The summed E-state index contributed by atoms with van der Waals surface area (Å²) in [7, 11) is 0. The van der Waals surface area contributed by atoms with Crippen molar-refractivity contribution in [3.05, 3.63) is 51.4 Å². The third-order valence-electron chi connectivity index (χ3n) is 2.19. The van der Waals surface area contributed by atoms with Crippen LogP contribution in [0.25, 0.3) is 0 Å². The number of carbonyl (C=O) groups is 1. The Morgan fingerprint density at radius 1 is 1.32 bits per heavy atom. The zero-order chi connectivity index (χ0) is 13.8. The number of nitro benzene ring substituents is 1. The smallest absolute Gasteiger partial charge is 0.283 e. The Balaban J connectivity index is 2.45. The van der Waals surface area contributed by atoms with E-state index in [-0.39, 0.29) is 21.4 Å². The summed E-state index contributed by atoms with van der Waals surface area (Å²) in [5.41, 5.74) is 0.0615. The van der Waals surface area contributed by atoms with Crippen LogP contribution in [0, 0.1) is 10.1 Å². The number of para-hydroxylation sites is 1. The first-order chi connectivity index (χ1) is 9.13. The summed E-state index contributed by atoms with van der Waals surface area (Å²) in [5.74, 6) is 0. The van der Waals surface area contributed by atoms with Crippen molar-refractivity contribution >= 4 is 35.3 Å². The van der Waals surface area contributed by atoms with Crippen LogP contribution in [0.5, 0.6) is 0 Å². The molecule has 1 aromatic carbocycles. The van der Waals surface area contributed by atoms with Crippen LogP contribution < -0.4 is 0 Å². The van der Waals surface area contributed by atoms with Gasteiger partial charge in [-0.1, -0.05) is 35.5 Å². The molecular weight excluding hydrogens is 290 g/mol. The van der Waals surface area contributed by atoms with E-state index in [2.05, 4.69) is 9.97 Å². The van der Waals surface area contributed by atoms with Crippen LogP contribution in [0.3, 0.4) is 0 Å². The third-order valence-corrected chi connectivity index (χ3v) is 3.57. The van der Waals surface area contributed by atoms with Gasteiger partial charge in [-0.2, -0.15) is 0 Å². The highest BCUT2D eigenvalue weighted by molar-refractivity contribution is 7.99. The molecule has 8 heteroatoms. The van der Waals surface area contributed by atoms with Crippen molar-refractivity contribution in [2.24, 2.45) is 0 Å². The molecular formula is C11H6ClN3O3S. The highest BCUT2D eigenvalue weighted by Gasteiger charge is 2.17. The molecule has 2 rings (SSSR count). The molecule has 96 valence electrons. The maximum atomic E-state index is 10.9. The molecule has 1 aromatic heterocycles. The Kier molecular flexibility index (Phi) is 4.08. The fourth-order valence-electron chi connectivity index (χ4n) is 1.34. The number of nitro groups is 1. The van der Waals surface area contributed by atoms with Crippen LogP contribution in [0.4, 0.5) is 5.69 Å². The summed E-state index contributed by atoms with van der Waals surface area (Å²) in [6.07, 6.45) is 1.73. The number of benzene rings is 1. The van der Waals surface area contributed by atoms with E-state index in [1.165, 1.54) is 12.4 Å². The van der Waals surface area contributed by atoms with E-state index >= 15 is 0 Å².